The number of hydrogen-bond donors (Lipinski definition) is 1. The summed E-state index contributed by atoms with van der Waals surface area (Å²) in [5, 5.41) is 2.86. The van der Waals surface area contributed by atoms with E-state index < -0.39 is 0 Å². The Morgan fingerprint density at radius 3 is 3.15 bits per heavy atom. The molecule has 0 radical (unpaired) electrons. The summed E-state index contributed by atoms with van der Waals surface area (Å²) in [6.07, 6.45) is 2.52. The van der Waals surface area contributed by atoms with Gasteiger partial charge in [0.25, 0.3) is 0 Å². The summed E-state index contributed by atoms with van der Waals surface area (Å²) in [6.45, 7) is 4.43. The molecule has 1 atom stereocenters. The monoisotopic (exact) mass is 280 g/mol. The fourth-order valence-electron chi connectivity index (χ4n) is 2.74. The van der Waals surface area contributed by atoms with Crippen LogP contribution in [0.2, 0.25) is 0 Å². The molecule has 0 aliphatic carbocycles. The van der Waals surface area contributed by atoms with Gasteiger partial charge in [-0.15, -0.1) is 0 Å². The number of amides is 1. The Labute approximate surface area is 118 Å². The molecular weight excluding hydrogens is 260 g/mol. The first-order valence-electron chi connectivity index (χ1n) is 6.99. The number of ether oxygens (including phenoxy) is 2. The van der Waals surface area contributed by atoms with Crippen LogP contribution in [0.25, 0.3) is 0 Å². The second-order valence-electron chi connectivity index (χ2n) is 5.40. The van der Waals surface area contributed by atoms with Crippen molar-refractivity contribution in [2.45, 2.75) is 18.6 Å². The zero-order chi connectivity index (χ0) is 13.8. The van der Waals surface area contributed by atoms with Gasteiger partial charge in [0.1, 0.15) is 11.4 Å². The number of morpholine rings is 1. The second kappa shape index (κ2) is 5.95. The molecule has 1 amide bonds. The van der Waals surface area contributed by atoms with Gasteiger partial charge in [0.15, 0.2) is 0 Å². The molecule has 0 bridgehead atoms. The van der Waals surface area contributed by atoms with E-state index in [0.717, 1.165) is 31.9 Å². The summed E-state index contributed by atoms with van der Waals surface area (Å²) in [6, 6.07) is 3.66. The number of carbonyl (C=O) groups excluding carboxylic acids is 1. The maximum absolute atomic E-state index is 11.9. The molecule has 2 aliphatic rings. The first kappa shape index (κ1) is 13.6. The zero-order valence-electron chi connectivity index (χ0n) is 11.5. The minimum atomic E-state index is -0.195. The summed E-state index contributed by atoms with van der Waals surface area (Å²) in [5.41, 5.74) is -0.195. The van der Waals surface area contributed by atoms with E-state index in [2.05, 4.69) is 10.2 Å². The van der Waals surface area contributed by atoms with Crippen LogP contribution in [0.5, 0.6) is 0 Å². The number of hydrogen-bond acceptors (Lipinski definition) is 5. The first-order chi connectivity index (χ1) is 9.76. The quantitative estimate of drug-likeness (QED) is 0.864. The highest BCUT2D eigenvalue weighted by molar-refractivity contribution is 5.77. The summed E-state index contributed by atoms with van der Waals surface area (Å²) >= 11 is 0. The van der Waals surface area contributed by atoms with E-state index in [1.807, 2.05) is 12.1 Å². The van der Waals surface area contributed by atoms with E-state index in [1.165, 1.54) is 0 Å². The molecular formula is C14H20N2O4. The number of nitrogens with zero attached hydrogens (tertiary/aromatic N) is 1. The van der Waals surface area contributed by atoms with Crippen molar-refractivity contribution < 1.29 is 18.7 Å². The van der Waals surface area contributed by atoms with Crippen molar-refractivity contribution in [3.8, 4) is 0 Å². The van der Waals surface area contributed by atoms with Crippen molar-refractivity contribution in [3.63, 3.8) is 0 Å². The predicted molar refractivity (Wildman–Crippen MR) is 71.1 cm³/mol. The number of rotatable bonds is 4. The zero-order valence-corrected chi connectivity index (χ0v) is 11.5. The lowest BCUT2D eigenvalue weighted by Gasteiger charge is -2.39. The highest BCUT2D eigenvalue weighted by atomic mass is 16.6. The molecule has 2 saturated heterocycles. The van der Waals surface area contributed by atoms with Crippen LogP contribution in [0.1, 0.15) is 12.2 Å². The highest BCUT2D eigenvalue weighted by Gasteiger charge is 2.40. The van der Waals surface area contributed by atoms with E-state index in [1.54, 1.807) is 6.26 Å². The Morgan fingerprint density at radius 1 is 1.45 bits per heavy atom. The topological polar surface area (TPSA) is 63.9 Å². The molecule has 3 heterocycles. The lowest BCUT2D eigenvalue weighted by molar-refractivity contribution is -0.131. The van der Waals surface area contributed by atoms with E-state index in [9.17, 15) is 4.79 Å². The van der Waals surface area contributed by atoms with Crippen molar-refractivity contribution in [1.82, 2.24) is 10.2 Å². The minimum Gasteiger partial charge on any atom is -0.467 e. The highest BCUT2D eigenvalue weighted by Crippen LogP contribution is 2.27. The third-order valence-corrected chi connectivity index (χ3v) is 3.80. The van der Waals surface area contributed by atoms with E-state index in [4.69, 9.17) is 13.9 Å². The Bertz CT molecular complexity index is 440. The van der Waals surface area contributed by atoms with E-state index >= 15 is 0 Å². The Morgan fingerprint density at radius 2 is 2.40 bits per heavy atom. The number of nitrogens with one attached hydrogen (secondary N) is 1. The van der Waals surface area contributed by atoms with Crippen LogP contribution in [-0.2, 0) is 20.8 Å². The van der Waals surface area contributed by atoms with Crippen molar-refractivity contribution in [1.29, 1.82) is 0 Å². The lowest BCUT2D eigenvalue weighted by atomic mass is 10.0. The molecule has 6 heteroatoms. The first-order valence-corrected chi connectivity index (χ1v) is 6.99. The molecule has 6 nitrogen and oxygen atoms in total. The Hall–Kier alpha value is -1.37. The number of furan rings is 1. The maximum atomic E-state index is 11.9. The van der Waals surface area contributed by atoms with Crippen LogP contribution in [0.4, 0.5) is 0 Å². The molecule has 0 aromatic carbocycles. The van der Waals surface area contributed by atoms with Crippen molar-refractivity contribution in [3.05, 3.63) is 24.2 Å². The van der Waals surface area contributed by atoms with Gasteiger partial charge in [-0.1, -0.05) is 0 Å². The standard InChI is InChI=1S/C14H20N2O4/c17-13(15-8-12-2-1-5-19-12)9-16-4-7-20-14(10-16)3-6-18-11-14/h1-2,5H,3-4,6-11H2,(H,15,17). The SMILES string of the molecule is O=C(CN1CCOC2(CCOC2)C1)NCc1ccco1. The normalized spacial score (nSPS) is 27.0. The molecule has 20 heavy (non-hydrogen) atoms. The van der Waals surface area contributed by atoms with Crippen LogP contribution in [0.3, 0.4) is 0 Å². The largest absolute Gasteiger partial charge is 0.467 e. The van der Waals surface area contributed by atoms with Gasteiger partial charge in [0.05, 0.1) is 32.6 Å². The summed E-state index contributed by atoms with van der Waals surface area (Å²) in [7, 11) is 0. The van der Waals surface area contributed by atoms with Crippen LogP contribution in [-0.4, -0.2) is 55.9 Å². The molecule has 0 saturated carbocycles. The second-order valence-corrected chi connectivity index (χ2v) is 5.40. The van der Waals surface area contributed by atoms with Crippen molar-refractivity contribution in [2.24, 2.45) is 0 Å². The minimum absolute atomic E-state index is 0.0114. The molecule has 110 valence electrons. The van der Waals surface area contributed by atoms with Gasteiger partial charge in [0.2, 0.25) is 5.91 Å². The summed E-state index contributed by atoms with van der Waals surface area (Å²) in [5.74, 6) is 0.776. The van der Waals surface area contributed by atoms with Gasteiger partial charge in [0, 0.05) is 26.1 Å². The molecule has 1 N–H and O–H groups in total. The van der Waals surface area contributed by atoms with Crippen LogP contribution >= 0.6 is 0 Å². The third kappa shape index (κ3) is 3.20. The van der Waals surface area contributed by atoms with E-state index in [0.29, 0.717) is 26.3 Å². The molecule has 1 spiro atoms. The van der Waals surface area contributed by atoms with Crippen LogP contribution in [0.15, 0.2) is 22.8 Å². The van der Waals surface area contributed by atoms with Crippen molar-refractivity contribution >= 4 is 5.91 Å². The molecule has 3 rings (SSSR count). The fourth-order valence-corrected chi connectivity index (χ4v) is 2.74. The molecule has 2 aliphatic heterocycles. The van der Waals surface area contributed by atoms with Crippen LogP contribution in [0, 0.1) is 0 Å². The van der Waals surface area contributed by atoms with Gasteiger partial charge in [-0.05, 0) is 12.1 Å². The Balaban J connectivity index is 1.46. The van der Waals surface area contributed by atoms with Gasteiger partial charge in [-0.25, -0.2) is 0 Å². The third-order valence-electron chi connectivity index (χ3n) is 3.80. The Kier molecular flexibility index (Phi) is 4.05. The summed E-state index contributed by atoms with van der Waals surface area (Å²) in [4.78, 5) is 14.1. The average Bonchev–Trinajstić information content (AvgIpc) is 3.09. The number of carbonyl (C=O) groups is 1. The average molecular weight is 280 g/mol. The van der Waals surface area contributed by atoms with Gasteiger partial charge in [-0.2, -0.15) is 0 Å². The smallest absolute Gasteiger partial charge is 0.234 e. The maximum Gasteiger partial charge on any atom is 0.234 e. The van der Waals surface area contributed by atoms with Gasteiger partial charge in [-0.3, -0.25) is 9.69 Å². The summed E-state index contributed by atoms with van der Waals surface area (Å²) < 4.78 is 16.5. The van der Waals surface area contributed by atoms with E-state index in [-0.39, 0.29) is 11.5 Å². The van der Waals surface area contributed by atoms with Gasteiger partial charge >= 0.3 is 0 Å². The predicted octanol–water partition coefficient (Wildman–Crippen LogP) is 0.387. The fraction of sp³-hybridized carbons (Fsp3) is 0.643. The molecule has 2 fully saturated rings. The molecule has 1 aromatic heterocycles. The van der Waals surface area contributed by atoms with Crippen LogP contribution < -0.4 is 5.32 Å². The van der Waals surface area contributed by atoms with Crippen molar-refractivity contribution in [2.75, 3.05) is 39.5 Å². The molecule has 1 unspecified atom stereocenters. The lowest BCUT2D eigenvalue weighted by Crippen LogP contribution is -2.54. The molecule has 1 aromatic rings. The van der Waals surface area contributed by atoms with Gasteiger partial charge < -0.3 is 19.2 Å².